The molecule has 2 nitrogen and oxygen atoms in total. The quantitative estimate of drug-likeness (QED) is 0.428. The predicted molar refractivity (Wildman–Crippen MR) is 35.9 cm³/mol. The van der Waals surface area contributed by atoms with Crippen LogP contribution in [0.3, 0.4) is 0 Å². The van der Waals surface area contributed by atoms with E-state index < -0.39 is 0 Å². The molecule has 0 fully saturated rings. The molecule has 0 aromatic heterocycles. The van der Waals surface area contributed by atoms with E-state index in [1.165, 1.54) is 0 Å². The number of likely N-dealkylation sites (N-methyl/N-ethyl adjacent to an activating group) is 1. The van der Waals surface area contributed by atoms with Crippen LogP contribution in [0.2, 0.25) is 0 Å². The molecule has 0 aliphatic carbocycles. The van der Waals surface area contributed by atoms with Crippen LogP contribution < -0.4 is 5.84 Å². The Morgan fingerprint density at radius 2 is 2.38 bits per heavy atom. The molecule has 0 amide bonds. The van der Waals surface area contributed by atoms with Crippen LogP contribution in [0.25, 0.3) is 0 Å². The average molecular weight is 113 g/mol. The van der Waals surface area contributed by atoms with Crippen molar-refractivity contribution in [1.29, 1.82) is 0 Å². The van der Waals surface area contributed by atoms with Crippen molar-refractivity contribution in [2.45, 2.75) is 6.92 Å². The van der Waals surface area contributed by atoms with Crippen molar-refractivity contribution < 1.29 is 0 Å². The second kappa shape index (κ2) is 4.81. The lowest BCUT2D eigenvalue weighted by molar-refractivity contribution is 0.333. The summed E-state index contributed by atoms with van der Waals surface area (Å²) >= 11 is 0. The molecule has 0 aliphatic rings. The first kappa shape index (κ1) is 7.66. The van der Waals surface area contributed by atoms with E-state index in [4.69, 9.17) is 5.84 Å². The summed E-state index contributed by atoms with van der Waals surface area (Å²) in [6.45, 7) is 7.21. The van der Waals surface area contributed by atoms with Crippen LogP contribution in [0.4, 0.5) is 0 Å². The number of hydrogen-bond donors (Lipinski definition) is 1. The average Bonchev–Trinajstić information content (AvgIpc) is 1.83. The Hall–Kier alpha value is -0.340. The number of hydrazine groups is 1. The second-order valence-corrected chi connectivity index (χ2v) is 1.56. The molecule has 0 saturated carbocycles. The van der Waals surface area contributed by atoms with Gasteiger partial charge < -0.3 is 0 Å². The summed E-state index contributed by atoms with van der Waals surface area (Å²) in [5.41, 5.74) is 0. The molecule has 0 atom stereocenters. The normalized spacial score (nSPS) is 11.5. The van der Waals surface area contributed by atoms with Gasteiger partial charge in [0.25, 0.3) is 0 Å². The predicted octanol–water partition coefficient (Wildman–Crippen LogP) is 0.572. The molecule has 0 aromatic carbocycles. The minimum Gasteiger partial charge on any atom is -0.269 e. The molecule has 47 valence electrons. The smallest absolute Gasteiger partial charge is 0.0309 e. The Morgan fingerprint density at radius 3 is 2.75 bits per heavy atom. The molecule has 0 heterocycles. The SMILES string of the molecule is [CH2]/C=C/CN(N)CC. The van der Waals surface area contributed by atoms with Crippen LogP contribution in [0.5, 0.6) is 0 Å². The molecular formula is C6H13N2. The van der Waals surface area contributed by atoms with E-state index in [2.05, 4.69) is 6.92 Å². The van der Waals surface area contributed by atoms with Gasteiger partial charge in [-0.2, -0.15) is 0 Å². The van der Waals surface area contributed by atoms with Gasteiger partial charge in [-0.15, -0.1) is 0 Å². The molecule has 0 rings (SSSR count). The summed E-state index contributed by atoms with van der Waals surface area (Å²) in [6.07, 6.45) is 3.67. The number of allylic oxidation sites excluding steroid dienone is 1. The van der Waals surface area contributed by atoms with E-state index in [9.17, 15) is 0 Å². The van der Waals surface area contributed by atoms with E-state index in [-0.39, 0.29) is 0 Å². The van der Waals surface area contributed by atoms with E-state index in [0.717, 1.165) is 13.1 Å². The minimum absolute atomic E-state index is 0.792. The molecule has 8 heavy (non-hydrogen) atoms. The fourth-order valence-electron chi connectivity index (χ4n) is 0.339. The summed E-state index contributed by atoms with van der Waals surface area (Å²) in [5.74, 6) is 5.41. The van der Waals surface area contributed by atoms with Crippen LogP contribution >= 0.6 is 0 Å². The monoisotopic (exact) mass is 113 g/mol. The second-order valence-electron chi connectivity index (χ2n) is 1.56. The maximum Gasteiger partial charge on any atom is 0.0309 e. The van der Waals surface area contributed by atoms with Crippen molar-refractivity contribution in [1.82, 2.24) is 5.01 Å². The van der Waals surface area contributed by atoms with Crippen LogP contribution in [-0.4, -0.2) is 18.1 Å². The Kier molecular flexibility index (Phi) is 4.61. The summed E-state index contributed by atoms with van der Waals surface area (Å²) in [6, 6.07) is 0. The van der Waals surface area contributed by atoms with Gasteiger partial charge in [0.1, 0.15) is 0 Å². The van der Waals surface area contributed by atoms with Crippen molar-refractivity contribution >= 4 is 0 Å². The van der Waals surface area contributed by atoms with Crippen LogP contribution in [0, 0.1) is 6.92 Å². The van der Waals surface area contributed by atoms with Gasteiger partial charge in [0.05, 0.1) is 0 Å². The minimum atomic E-state index is 0.792. The lowest BCUT2D eigenvalue weighted by atomic mass is 10.5. The Bertz CT molecular complexity index is 68.9. The highest BCUT2D eigenvalue weighted by molar-refractivity contribution is 4.85. The topological polar surface area (TPSA) is 29.3 Å². The van der Waals surface area contributed by atoms with Gasteiger partial charge in [0.15, 0.2) is 0 Å². The standard InChI is InChI=1S/C6H13N2/c1-3-5-6-8(7)4-2/h3,5H,1,4,6-7H2,2H3/b5-3+. The number of rotatable bonds is 3. The van der Waals surface area contributed by atoms with E-state index in [1.54, 1.807) is 11.1 Å². The third kappa shape index (κ3) is 3.84. The third-order valence-electron chi connectivity index (χ3n) is 0.913. The lowest BCUT2D eigenvalue weighted by Gasteiger charge is -2.08. The number of hydrogen-bond acceptors (Lipinski definition) is 2. The van der Waals surface area contributed by atoms with Gasteiger partial charge in [0.2, 0.25) is 0 Å². The summed E-state index contributed by atoms with van der Waals surface area (Å²) in [7, 11) is 0. The van der Waals surface area contributed by atoms with Gasteiger partial charge in [-0.05, 0) is 6.92 Å². The van der Waals surface area contributed by atoms with Gasteiger partial charge in [-0.1, -0.05) is 19.1 Å². The van der Waals surface area contributed by atoms with Crippen LogP contribution in [0.15, 0.2) is 12.2 Å². The molecule has 0 saturated heterocycles. The molecule has 0 bridgehead atoms. The lowest BCUT2D eigenvalue weighted by Crippen LogP contribution is -2.30. The van der Waals surface area contributed by atoms with Crippen LogP contribution in [-0.2, 0) is 0 Å². The van der Waals surface area contributed by atoms with Gasteiger partial charge in [-0.25, -0.2) is 5.01 Å². The molecule has 2 heteroatoms. The maximum absolute atomic E-state index is 5.41. The summed E-state index contributed by atoms with van der Waals surface area (Å²) < 4.78 is 0. The van der Waals surface area contributed by atoms with E-state index >= 15 is 0 Å². The molecule has 0 spiro atoms. The highest BCUT2D eigenvalue weighted by Crippen LogP contribution is 1.76. The highest BCUT2D eigenvalue weighted by atomic mass is 15.4. The first-order chi connectivity index (χ1) is 3.81. The van der Waals surface area contributed by atoms with Crippen molar-refractivity contribution in [3.63, 3.8) is 0 Å². The zero-order valence-corrected chi connectivity index (χ0v) is 5.30. The maximum atomic E-state index is 5.41. The fraction of sp³-hybridized carbons (Fsp3) is 0.500. The molecular weight excluding hydrogens is 100 g/mol. The zero-order valence-electron chi connectivity index (χ0n) is 5.30. The highest BCUT2D eigenvalue weighted by Gasteiger charge is 1.85. The molecule has 0 unspecified atom stereocenters. The largest absolute Gasteiger partial charge is 0.269 e. The summed E-state index contributed by atoms with van der Waals surface area (Å²) in [5, 5.41) is 1.71. The van der Waals surface area contributed by atoms with Crippen molar-refractivity contribution in [2.75, 3.05) is 13.1 Å². The fourth-order valence-corrected chi connectivity index (χ4v) is 0.339. The van der Waals surface area contributed by atoms with Gasteiger partial charge in [0, 0.05) is 13.1 Å². The first-order valence-electron chi connectivity index (χ1n) is 2.75. The number of nitrogens with zero attached hydrogens (tertiary/aromatic N) is 1. The van der Waals surface area contributed by atoms with Crippen molar-refractivity contribution in [2.24, 2.45) is 5.84 Å². The zero-order chi connectivity index (χ0) is 6.41. The summed E-state index contributed by atoms with van der Waals surface area (Å²) in [4.78, 5) is 0. The van der Waals surface area contributed by atoms with Crippen LogP contribution in [0.1, 0.15) is 6.92 Å². The van der Waals surface area contributed by atoms with Gasteiger partial charge >= 0.3 is 0 Å². The van der Waals surface area contributed by atoms with Crippen molar-refractivity contribution in [3.05, 3.63) is 19.1 Å². The first-order valence-corrected chi connectivity index (χ1v) is 2.75. The molecule has 1 radical (unpaired) electrons. The Morgan fingerprint density at radius 1 is 1.75 bits per heavy atom. The molecule has 0 aliphatic heterocycles. The van der Waals surface area contributed by atoms with Crippen molar-refractivity contribution in [3.8, 4) is 0 Å². The molecule has 0 aromatic rings. The third-order valence-corrected chi connectivity index (χ3v) is 0.913. The Labute approximate surface area is 50.9 Å². The molecule has 2 N–H and O–H groups in total. The van der Waals surface area contributed by atoms with E-state index in [1.807, 2.05) is 13.0 Å². The Balaban J connectivity index is 3.10. The van der Waals surface area contributed by atoms with Gasteiger partial charge in [-0.3, -0.25) is 5.84 Å². The van der Waals surface area contributed by atoms with E-state index in [0.29, 0.717) is 0 Å². The number of nitrogens with two attached hydrogens (primary N) is 1.